The Morgan fingerprint density at radius 3 is 3.00 bits per heavy atom. The van der Waals surface area contributed by atoms with Gasteiger partial charge in [-0.2, -0.15) is 0 Å². The number of nitrogens with zero attached hydrogens (tertiary/aromatic N) is 1. The van der Waals surface area contributed by atoms with Gasteiger partial charge < -0.3 is 10.2 Å². The molecule has 2 heterocycles. The van der Waals surface area contributed by atoms with E-state index in [0.29, 0.717) is 24.4 Å². The van der Waals surface area contributed by atoms with Gasteiger partial charge in [0.05, 0.1) is 0 Å². The summed E-state index contributed by atoms with van der Waals surface area (Å²) in [5.74, 6) is 0.388. The first-order valence-electron chi connectivity index (χ1n) is 7.54. The molecule has 2 bridgehead atoms. The predicted molar refractivity (Wildman–Crippen MR) is 72.3 cm³/mol. The highest BCUT2D eigenvalue weighted by atomic mass is 16.2. The highest BCUT2D eigenvalue weighted by Crippen LogP contribution is 2.30. The molecule has 0 aromatic carbocycles. The molecule has 0 aromatic rings. The van der Waals surface area contributed by atoms with Gasteiger partial charge in [-0.1, -0.05) is 11.6 Å². The lowest BCUT2D eigenvalue weighted by atomic mass is 9.96. The molecule has 0 radical (unpaired) electrons. The smallest absolute Gasteiger partial charge is 0.227 e. The number of fused-ring (bicyclic) bond motifs is 2. The summed E-state index contributed by atoms with van der Waals surface area (Å²) in [4.78, 5) is 14.8. The van der Waals surface area contributed by atoms with Crippen LogP contribution in [0.4, 0.5) is 0 Å². The van der Waals surface area contributed by atoms with Gasteiger partial charge in [-0.05, 0) is 51.5 Å². The van der Waals surface area contributed by atoms with Crippen LogP contribution in [-0.4, -0.2) is 36.0 Å². The van der Waals surface area contributed by atoms with Crippen molar-refractivity contribution in [2.75, 3.05) is 13.1 Å². The van der Waals surface area contributed by atoms with Crippen molar-refractivity contribution in [3.05, 3.63) is 11.6 Å². The zero-order valence-corrected chi connectivity index (χ0v) is 11.2. The fourth-order valence-corrected chi connectivity index (χ4v) is 3.74. The Morgan fingerprint density at radius 1 is 1.28 bits per heavy atom. The quantitative estimate of drug-likeness (QED) is 0.760. The SMILES string of the molecule is O=C(CC1=CCCCC1)N1[C@H]2CCNC[C@@H]1CC2. The Bertz CT molecular complexity index is 336. The standard InChI is InChI=1S/C15H24N2O/c18-15(10-12-4-2-1-3-5-12)17-13-6-7-14(17)11-16-9-8-13/h4,13-14,16H,1-3,5-11H2/t13-,14+/m1/s1. The van der Waals surface area contributed by atoms with Crippen molar-refractivity contribution >= 4 is 5.91 Å². The summed E-state index contributed by atoms with van der Waals surface area (Å²) < 4.78 is 0. The number of carbonyl (C=O) groups is 1. The predicted octanol–water partition coefficient (Wildman–Crippen LogP) is 2.23. The number of allylic oxidation sites excluding steroid dienone is 1. The molecule has 0 saturated carbocycles. The van der Waals surface area contributed by atoms with Gasteiger partial charge in [0.2, 0.25) is 5.91 Å². The molecular formula is C15H24N2O. The highest BCUT2D eigenvalue weighted by molar-refractivity contribution is 5.79. The van der Waals surface area contributed by atoms with Crippen molar-refractivity contribution in [3.8, 4) is 0 Å². The molecule has 2 fully saturated rings. The van der Waals surface area contributed by atoms with Crippen molar-refractivity contribution in [2.24, 2.45) is 0 Å². The monoisotopic (exact) mass is 248 g/mol. The minimum Gasteiger partial charge on any atom is -0.335 e. The number of carbonyl (C=O) groups excluding carboxylic acids is 1. The van der Waals surface area contributed by atoms with Gasteiger partial charge in [0.15, 0.2) is 0 Å². The van der Waals surface area contributed by atoms with E-state index in [1.165, 1.54) is 37.7 Å². The first kappa shape index (κ1) is 12.2. The van der Waals surface area contributed by atoms with Crippen LogP contribution >= 0.6 is 0 Å². The van der Waals surface area contributed by atoms with Crippen LogP contribution < -0.4 is 5.32 Å². The minimum absolute atomic E-state index is 0.388. The molecule has 1 amide bonds. The fourth-order valence-electron chi connectivity index (χ4n) is 3.74. The normalized spacial score (nSPS) is 32.0. The lowest BCUT2D eigenvalue weighted by molar-refractivity contribution is -0.133. The number of rotatable bonds is 2. The van der Waals surface area contributed by atoms with Crippen LogP contribution in [0.1, 0.15) is 51.4 Å². The van der Waals surface area contributed by atoms with Crippen LogP contribution in [-0.2, 0) is 4.79 Å². The summed E-state index contributed by atoms with van der Waals surface area (Å²) in [6.07, 6.45) is 11.4. The van der Waals surface area contributed by atoms with Crippen LogP contribution in [0, 0.1) is 0 Å². The summed E-state index contributed by atoms with van der Waals surface area (Å²) in [5.41, 5.74) is 1.39. The van der Waals surface area contributed by atoms with E-state index in [1.54, 1.807) is 0 Å². The van der Waals surface area contributed by atoms with Crippen molar-refractivity contribution in [1.29, 1.82) is 0 Å². The molecule has 0 unspecified atom stereocenters. The van der Waals surface area contributed by atoms with E-state index in [1.807, 2.05) is 0 Å². The summed E-state index contributed by atoms with van der Waals surface area (Å²) in [7, 11) is 0. The zero-order valence-electron chi connectivity index (χ0n) is 11.2. The van der Waals surface area contributed by atoms with Gasteiger partial charge >= 0.3 is 0 Å². The van der Waals surface area contributed by atoms with E-state index in [4.69, 9.17) is 0 Å². The molecule has 3 heteroatoms. The Balaban J connectivity index is 1.66. The highest BCUT2D eigenvalue weighted by Gasteiger charge is 2.37. The van der Waals surface area contributed by atoms with Crippen LogP contribution in [0.2, 0.25) is 0 Å². The van der Waals surface area contributed by atoms with Gasteiger partial charge in [-0.3, -0.25) is 4.79 Å². The van der Waals surface area contributed by atoms with Gasteiger partial charge in [0, 0.05) is 25.0 Å². The molecule has 0 spiro atoms. The molecule has 3 rings (SSSR count). The Hall–Kier alpha value is -0.830. The van der Waals surface area contributed by atoms with E-state index in [-0.39, 0.29) is 0 Å². The van der Waals surface area contributed by atoms with Crippen molar-refractivity contribution in [2.45, 2.75) is 63.5 Å². The Labute approximate surface area is 110 Å². The molecule has 3 aliphatic rings. The molecule has 2 atom stereocenters. The molecule has 1 N–H and O–H groups in total. The van der Waals surface area contributed by atoms with E-state index >= 15 is 0 Å². The number of hydrogen-bond donors (Lipinski definition) is 1. The minimum atomic E-state index is 0.388. The lowest BCUT2D eigenvalue weighted by Gasteiger charge is -2.28. The van der Waals surface area contributed by atoms with Crippen molar-refractivity contribution in [3.63, 3.8) is 0 Å². The Morgan fingerprint density at radius 2 is 2.17 bits per heavy atom. The number of amides is 1. The molecule has 2 aliphatic heterocycles. The van der Waals surface area contributed by atoms with E-state index in [9.17, 15) is 4.79 Å². The maximum atomic E-state index is 12.5. The third kappa shape index (κ3) is 2.46. The van der Waals surface area contributed by atoms with Crippen LogP contribution in [0.3, 0.4) is 0 Å². The second-order valence-electron chi connectivity index (χ2n) is 5.96. The molecule has 0 aromatic heterocycles. The summed E-state index contributed by atoms with van der Waals surface area (Å²) in [6.45, 7) is 2.08. The average Bonchev–Trinajstić information content (AvgIpc) is 2.64. The molecular weight excluding hydrogens is 224 g/mol. The van der Waals surface area contributed by atoms with Crippen molar-refractivity contribution < 1.29 is 4.79 Å². The molecule has 100 valence electrons. The van der Waals surface area contributed by atoms with Gasteiger partial charge in [0.1, 0.15) is 0 Å². The summed E-state index contributed by atoms with van der Waals surface area (Å²) in [5, 5.41) is 3.46. The van der Waals surface area contributed by atoms with E-state index in [2.05, 4.69) is 16.3 Å². The first-order chi connectivity index (χ1) is 8.84. The second-order valence-corrected chi connectivity index (χ2v) is 5.96. The molecule has 18 heavy (non-hydrogen) atoms. The van der Waals surface area contributed by atoms with Crippen LogP contribution in [0.25, 0.3) is 0 Å². The van der Waals surface area contributed by atoms with Crippen molar-refractivity contribution in [1.82, 2.24) is 10.2 Å². The van der Waals surface area contributed by atoms with Gasteiger partial charge in [-0.15, -0.1) is 0 Å². The maximum absolute atomic E-state index is 12.5. The van der Waals surface area contributed by atoms with Crippen LogP contribution in [0.15, 0.2) is 11.6 Å². The third-order valence-electron chi connectivity index (χ3n) is 4.71. The summed E-state index contributed by atoms with van der Waals surface area (Å²) in [6, 6.07) is 0.982. The lowest BCUT2D eigenvalue weighted by Crippen LogP contribution is -2.42. The Kier molecular flexibility index (Phi) is 3.69. The maximum Gasteiger partial charge on any atom is 0.227 e. The number of nitrogens with one attached hydrogen (secondary N) is 1. The summed E-state index contributed by atoms with van der Waals surface area (Å²) >= 11 is 0. The van der Waals surface area contributed by atoms with Gasteiger partial charge in [-0.25, -0.2) is 0 Å². The molecule has 1 aliphatic carbocycles. The zero-order chi connectivity index (χ0) is 12.4. The largest absolute Gasteiger partial charge is 0.335 e. The molecule has 3 nitrogen and oxygen atoms in total. The number of hydrogen-bond acceptors (Lipinski definition) is 2. The topological polar surface area (TPSA) is 32.3 Å². The molecule has 2 saturated heterocycles. The average molecular weight is 248 g/mol. The van der Waals surface area contributed by atoms with Gasteiger partial charge in [0.25, 0.3) is 0 Å². The second kappa shape index (κ2) is 5.43. The third-order valence-corrected chi connectivity index (χ3v) is 4.71. The van der Waals surface area contributed by atoms with E-state index in [0.717, 1.165) is 25.9 Å². The van der Waals surface area contributed by atoms with Crippen LogP contribution in [0.5, 0.6) is 0 Å². The van der Waals surface area contributed by atoms with E-state index < -0.39 is 0 Å². The fraction of sp³-hybridized carbons (Fsp3) is 0.800. The first-order valence-corrected chi connectivity index (χ1v) is 7.54.